The van der Waals surface area contributed by atoms with Crippen molar-refractivity contribution in [3.05, 3.63) is 77.4 Å². The monoisotopic (exact) mass is 418 g/mol. The van der Waals surface area contributed by atoms with Gasteiger partial charge in [0.1, 0.15) is 5.82 Å². The Labute approximate surface area is 183 Å². The summed E-state index contributed by atoms with van der Waals surface area (Å²) in [6.45, 7) is 4.06. The summed E-state index contributed by atoms with van der Waals surface area (Å²) in [4.78, 5) is 16.9. The average Bonchev–Trinajstić information content (AvgIpc) is 3.06. The number of amides is 1. The van der Waals surface area contributed by atoms with Gasteiger partial charge in [-0.2, -0.15) is 0 Å². The molecular formula is C24H30N6O. The molecule has 0 unspecified atom stereocenters. The number of nitrogens with one attached hydrogen (secondary N) is 1. The highest BCUT2D eigenvalue weighted by Crippen LogP contribution is 2.16. The van der Waals surface area contributed by atoms with Crippen molar-refractivity contribution in [1.29, 1.82) is 0 Å². The van der Waals surface area contributed by atoms with E-state index < -0.39 is 0 Å². The first-order valence-electron chi connectivity index (χ1n) is 10.8. The van der Waals surface area contributed by atoms with Crippen LogP contribution >= 0.6 is 0 Å². The van der Waals surface area contributed by atoms with Crippen molar-refractivity contribution in [3.8, 4) is 0 Å². The molecule has 1 amide bonds. The number of hydrogen-bond acceptors (Lipinski definition) is 5. The van der Waals surface area contributed by atoms with E-state index in [0.717, 1.165) is 49.8 Å². The number of carbonyl (C=O) groups is 1. The Morgan fingerprint density at radius 1 is 0.968 bits per heavy atom. The Hall–Kier alpha value is -3.19. The van der Waals surface area contributed by atoms with Crippen molar-refractivity contribution >= 4 is 11.6 Å². The minimum Gasteiger partial charge on any atom is -0.378 e. The van der Waals surface area contributed by atoms with Crippen LogP contribution in [-0.4, -0.2) is 52.8 Å². The number of anilines is 1. The number of aromatic nitrogens is 3. The molecule has 0 fully saturated rings. The molecule has 7 nitrogen and oxygen atoms in total. The highest BCUT2D eigenvalue weighted by molar-refractivity contribution is 5.78. The molecule has 0 saturated carbocycles. The lowest BCUT2D eigenvalue weighted by Crippen LogP contribution is -2.28. The van der Waals surface area contributed by atoms with Crippen molar-refractivity contribution in [3.63, 3.8) is 0 Å². The van der Waals surface area contributed by atoms with E-state index in [-0.39, 0.29) is 5.91 Å². The number of carbonyl (C=O) groups excluding carboxylic acids is 1. The van der Waals surface area contributed by atoms with Gasteiger partial charge in [0.2, 0.25) is 5.91 Å². The third-order valence-corrected chi connectivity index (χ3v) is 5.71. The quantitative estimate of drug-likeness (QED) is 0.638. The maximum atomic E-state index is 12.3. The van der Waals surface area contributed by atoms with Crippen LogP contribution < -0.4 is 10.2 Å². The SMILES string of the molecule is CN(C)c1ccc(CN2CCc3nnc(CNC(=O)Cc4ccccc4)n3CC2)cc1. The molecule has 7 heteroatoms. The van der Waals surface area contributed by atoms with Gasteiger partial charge in [0, 0.05) is 52.4 Å². The highest BCUT2D eigenvalue weighted by Gasteiger charge is 2.19. The molecule has 0 radical (unpaired) electrons. The molecule has 0 aliphatic carbocycles. The summed E-state index contributed by atoms with van der Waals surface area (Å²) in [5.41, 5.74) is 3.54. The first-order chi connectivity index (χ1) is 15.1. The average molecular weight is 419 g/mol. The molecule has 162 valence electrons. The van der Waals surface area contributed by atoms with Crippen molar-refractivity contribution in [2.75, 3.05) is 32.1 Å². The van der Waals surface area contributed by atoms with Crippen molar-refractivity contribution in [2.45, 2.75) is 32.5 Å². The third kappa shape index (κ3) is 5.49. The number of hydrogen-bond donors (Lipinski definition) is 1. The fourth-order valence-corrected chi connectivity index (χ4v) is 3.89. The van der Waals surface area contributed by atoms with Crippen LogP contribution in [0.1, 0.15) is 22.8 Å². The Kier molecular flexibility index (Phi) is 6.62. The van der Waals surface area contributed by atoms with E-state index in [2.05, 4.69) is 68.2 Å². The molecule has 1 aliphatic heterocycles. The van der Waals surface area contributed by atoms with Crippen molar-refractivity contribution in [2.24, 2.45) is 0 Å². The Morgan fingerprint density at radius 2 is 1.74 bits per heavy atom. The Bertz CT molecular complexity index is 997. The van der Waals surface area contributed by atoms with E-state index in [0.29, 0.717) is 13.0 Å². The summed E-state index contributed by atoms with van der Waals surface area (Å²) in [7, 11) is 4.11. The summed E-state index contributed by atoms with van der Waals surface area (Å²) >= 11 is 0. The Balaban J connectivity index is 1.31. The van der Waals surface area contributed by atoms with Crippen LogP contribution in [0.5, 0.6) is 0 Å². The van der Waals surface area contributed by atoms with Gasteiger partial charge < -0.3 is 14.8 Å². The second-order valence-corrected chi connectivity index (χ2v) is 8.21. The maximum absolute atomic E-state index is 12.3. The molecule has 4 rings (SSSR count). The van der Waals surface area contributed by atoms with Gasteiger partial charge in [0.15, 0.2) is 5.82 Å². The summed E-state index contributed by atoms with van der Waals surface area (Å²) in [5, 5.41) is 11.7. The predicted octanol–water partition coefficient (Wildman–Crippen LogP) is 2.26. The normalized spacial score (nSPS) is 14.0. The molecule has 2 aromatic carbocycles. The fourth-order valence-electron chi connectivity index (χ4n) is 3.89. The number of nitrogens with zero attached hydrogens (tertiary/aromatic N) is 5. The summed E-state index contributed by atoms with van der Waals surface area (Å²) in [5.74, 6) is 1.83. The maximum Gasteiger partial charge on any atom is 0.224 e. The largest absolute Gasteiger partial charge is 0.378 e. The molecule has 1 aliphatic rings. The van der Waals surface area contributed by atoms with Gasteiger partial charge in [-0.3, -0.25) is 9.69 Å². The van der Waals surface area contributed by atoms with Gasteiger partial charge in [0.25, 0.3) is 0 Å². The molecule has 0 atom stereocenters. The lowest BCUT2D eigenvalue weighted by Gasteiger charge is -2.20. The van der Waals surface area contributed by atoms with Crippen molar-refractivity contribution in [1.82, 2.24) is 25.0 Å². The number of benzene rings is 2. The van der Waals surface area contributed by atoms with Crippen LogP contribution in [0.4, 0.5) is 5.69 Å². The third-order valence-electron chi connectivity index (χ3n) is 5.71. The molecule has 1 N–H and O–H groups in total. The topological polar surface area (TPSA) is 66.3 Å². The zero-order valence-electron chi connectivity index (χ0n) is 18.3. The molecule has 3 aromatic rings. The standard InChI is InChI=1S/C24H30N6O/c1-28(2)21-10-8-20(9-11-21)18-29-13-12-22-26-27-23(30(22)15-14-29)17-25-24(31)16-19-6-4-3-5-7-19/h3-11H,12-18H2,1-2H3,(H,25,31). The van der Waals surface area contributed by atoms with E-state index in [4.69, 9.17) is 0 Å². The van der Waals surface area contributed by atoms with Crippen molar-refractivity contribution < 1.29 is 4.79 Å². The molecule has 2 heterocycles. The van der Waals surface area contributed by atoms with Gasteiger partial charge in [0.05, 0.1) is 13.0 Å². The van der Waals surface area contributed by atoms with E-state index in [1.54, 1.807) is 0 Å². The van der Waals surface area contributed by atoms with Crippen LogP contribution in [0, 0.1) is 0 Å². The van der Waals surface area contributed by atoms with E-state index >= 15 is 0 Å². The first kappa shape index (κ1) is 21.1. The zero-order chi connectivity index (χ0) is 21.6. The molecule has 0 bridgehead atoms. The molecule has 31 heavy (non-hydrogen) atoms. The lowest BCUT2D eigenvalue weighted by molar-refractivity contribution is -0.120. The van der Waals surface area contributed by atoms with Gasteiger partial charge in [-0.25, -0.2) is 0 Å². The first-order valence-corrected chi connectivity index (χ1v) is 10.8. The van der Waals surface area contributed by atoms with Gasteiger partial charge in [-0.05, 0) is 23.3 Å². The highest BCUT2D eigenvalue weighted by atomic mass is 16.1. The number of fused-ring (bicyclic) bond motifs is 1. The Morgan fingerprint density at radius 3 is 2.48 bits per heavy atom. The van der Waals surface area contributed by atoms with Crippen LogP contribution in [0.3, 0.4) is 0 Å². The van der Waals surface area contributed by atoms with Crippen LogP contribution in [-0.2, 0) is 37.3 Å². The van der Waals surface area contributed by atoms with E-state index in [1.807, 2.05) is 30.3 Å². The smallest absolute Gasteiger partial charge is 0.224 e. The van der Waals surface area contributed by atoms with Crippen LogP contribution in [0.2, 0.25) is 0 Å². The second-order valence-electron chi connectivity index (χ2n) is 8.21. The van der Waals surface area contributed by atoms with E-state index in [9.17, 15) is 4.79 Å². The van der Waals surface area contributed by atoms with Gasteiger partial charge in [-0.1, -0.05) is 42.5 Å². The lowest BCUT2D eigenvalue weighted by atomic mass is 10.1. The minimum absolute atomic E-state index is 0.0000282. The second kappa shape index (κ2) is 9.75. The molecule has 0 saturated heterocycles. The summed E-state index contributed by atoms with van der Waals surface area (Å²) in [6.07, 6.45) is 1.24. The summed E-state index contributed by atoms with van der Waals surface area (Å²) < 4.78 is 2.16. The summed E-state index contributed by atoms with van der Waals surface area (Å²) in [6, 6.07) is 18.5. The van der Waals surface area contributed by atoms with Gasteiger partial charge in [-0.15, -0.1) is 10.2 Å². The predicted molar refractivity (Wildman–Crippen MR) is 122 cm³/mol. The van der Waals surface area contributed by atoms with Crippen LogP contribution in [0.25, 0.3) is 0 Å². The van der Waals surface area contributed by atoms with Crippen LogP contribution in [0.15, 0.2) is 54.6 Å². The number of rotatable bonds is 7. The minimum atomic E-state index is -0.0000282. The molecule has 1 aromatic heterocycles. The van der Waals surface area contributed by atoms with E-state index in [1.165, 1.54) is 11.3 Å². The zero-order valence-corrected chi connectivity index (χ0v) is 18.3. The van der Waals surface area contributed by atoms with Gasteiger partial charge >= 0.3 is 0 Å². The molecular weight excluding hydrogens is 388 g/mol. The fraction of sp³-hybridized carbons (Fsp3) is 0.375. The molecule has 0 spiro atoms.